The van der Waals surface area contributed by atoms with Crippen LogP contribution >= 0.6 is 0 Å². The number of hydrogen-bond donors (Lipinski definition) is 0. The SMILES string of the molecule is CCO[Si](C)(C)CCC(F)(F)F.CCO[Si](C)(C)CCc1ccccc1. The molecule has 0 fully saturated rings. The molecule has 0 saturated carbocycles. The minimum atomic E-state index is -4.04. The van der Waals surface area contributed by atoms with Crippen molar-refractivity contribution in [1.29, 1.82) is 0 Å². The number of hydrogen-bond acceptors (Lipinski definition) is 2. The van der Waals surface area contributed by atoms with Gasteiger partial charge in [-0.05, 0) is 64.1 Å². The second-order valence-corrected chi connectivity index (χ2v) is 16.1. The summed E-state index contributed by atoms with van der Waals surface area (Å²) in [6.07, 6.45) is -3.60. The van der Waals surface area contributed by atoms with E-state index in [-0.39, 0.29) is 6.04 Å². The minimum Gasteiger partial charge on any atom is -0.418 e. The summed E-state index contributed by atoms with van der Waals surface area (Å²) in [7, 11) is -3.42. The Morgan fingerprint density at radius 3 is 1.69 bits per heavy atom. The van der Waals surface area contributed by atoms with Crippen LogP contribution in [0.2, 0.25) is 38.3 Å². The molecule has 0 aliphatic rings. The van der Waals surface area contributed by atoms with Crippen molar-refractivity contribution in [3.05, 3.63) is 35.9 Å². The average Bonchev–Trinajstić information content (AvgIpc) is 2.52. The van der Waals surface area contributed by atoms with Crippen molar-refractivity contribution in [3.63, 3.8) is 0 Å². The predicted molar refractivity (Wildman–Crippen MR) is 109 cm³/mol. The molecule has 0 heterocycles. The zero-order valence-corrected chi connectivity index (χ0v) is 19.1. The van der Waals surface area contributed by atoms with Crippen LogP contribution in [0.4, 0.5) is 13.2 Å². The molecule has 7 heteroatoms. The molecule has 1 rings (SSSR count). The van der Waals surface area contributed by atoms with E-state index in [0.29, 0.717) is 6.61 Å². The first-order valence-corrected chi connectivity index (χ1v) is 15.5. The third-order valence-electron chi connectivity index (χ3n) is 3.94. The van der Waals surface area contributed by atoms with Crippen LogP contribution in [0.1, 0.15) is 25.8 Å². The summed E-state index contributed by atoms with van der Waals surface area (Å²) < 4.78 is 46.4. The summed E-state index contributed by atoms with van der Waals surface area (Å²) in [5.74, 6) is 0. The summed E-state index contributed by atoms with van der Waals surface area (Å²) in [5, 5.41) is 0. The highest BCUT2D eigenvalue weighted by Crippen LogP contribution is 2.26. The van der Waals surface area contributed by atoms with Gasteiger partial charge in [0, 0.05) is 19.6 Å². The number of rotatable bonds is 9. The number of benzene rings is 1. The smallest absolute Gasteiger partial charge is 0.388 e. The number of halogens is 3. The van der Waals surface area contributed by atoms with Crippen molar-refractivity contribution in [2.45, 2.75) is 71.1 Å². The zero-order chi connectivity index (χ0) is 20.3. The number of alkyl halides is 3. The molecule has 152 valence electrons. The van der Waals surface area contributed by atoms with Crippen molar-refractivity contribution in [2.75, 3.05) is 13.2 Å². The van der Waals surface area contributed by atoms with Gasteiger partial charge in [-0.2, -0.15) is 13.2 Å². The highest BCUT2D eigenvalue weighted by molar-refractivity contribution is 6.71. The Bertz CT molecular complexity index is 477. The van der Waals surface area contributed by atoms with Gasteiger partial charge in [0.2, 0.25) is 0 Å². The maximum absolute atomic E-state index is 11.8. The zero-order valence-electron chi connectivity index (χ0n) is 17.1. The molecule has 0 aliphatic heterocycles. The Kier molecular flexibility index (Phi) is 11.7. The van der Waals surface area contributed by atoms with E-state index in [1.165, 1.54) is 11.6 Å². The first-order chi connectivity index (χ1) is 11.9. The lowest BCUT2D eigenvalue weighted by Crippen LogP contribution is -2.31. The van der Waals surface area contributed by atoms with Gasteiger partial charge >= 0.3 is 6.18 Å². The van der Waals surface area contributed by atoms with Crippen LogP contribution in [-0.2, 0) is 15.3 Å². The fourth-order valence-corrected chi connectivity index (χ4v) is 6.09. The maximum atomic E-state index is 11.8. The van der Waals surface area contributed by atoms with Crippen LogP contribution in [0.3, 0.4) is 0 Å². The lowest BCUT2D eigenvalue weighted by Gasteiger charge is -2.22. The molecule has 0 saturated heterocycles. The molecule has 0 spiro atoms. The topological polar surface area (TPSA) is 18.5 Å². The average molecular weight is 409 g/mol. The molecule has 26 heavy (non-hydrogen) atoms. The standard InChI is InChI=1S/C12H20OSi.C7H15F3OSi/c1-4-13-14(2,3)11-10-12-8-6-5-7-9-12;1-4-11-12(2,3)6-5-7(8,9)10/h5-9H,4,10-11H2,1-3H3;4-6H2,1-3H3. The van der Waals surface area contributed by atoms with Crippen molar-refractivity contribution < 1.29 is 22.0 Å². The molecule has 0 amide bonds. The molecule has 1 aromatic rings. The van der Waals surface area contributed by atoms with Gasteiger partial charge in [0.1, 0.15) is 0 Å². The lowest BCUT2D eigenvalue weighted by atomic mass is 10.2. The van der Waals surface area contributed by atoms with E-state index >= 15 is 0 Å². The van der Waals surface area contributed by atoms with Crippen LogP contribution in [-0.4, -0.2) is 36.0 Å². The minimum absolute atomic E-state index is 0.157. The molecule has 0 radical (unpaired) electrons. The molecule has 0 aliphatic carbocycles. The first-order valence-electron chi connectivity index (χ1n) is 9.29. The lowest BCUT2D eigenvalue weighted by molar-refractivity contribution is -0.131. The fraction of sp³-hybridized carbons (Fsp3) is 0.684. The Labute approximate surface area is 159 Å². The van der Waals surface area contributed by atoms with Crippen LogP contribution in [0.15, 0.2) is 30.3 Å². The van der Waals surface area contributed by atoms with E-state index in [1.54, 1.807) is 0 Å². The summed E-state index contributed by atoms with van der Waals surface area (Å²) in [4.78, 5) is 0. The summed E-state index contributed by atoms with van der Waals surface area (Å²) >= 11 is 0. The molecule has 0 atom stereocenters. The van der Waals surface area contributed by atoms with Gasteiger partial charge in [0.05, 0.1) is 0 Å². The summed E-state index contributed by atoms with van der Waals surface area (Å²) in [6.45, 7) is 13.5. The first kappa shape index (κ1) is 25.4. The molecular formula is C19H35F3O2Si2. The molecule has 0 aromatic heterocycles. The predicted octanol–water partition coefficient (Wildman–Crippen LogP) is 6.65. The van der Waals surface area contributed by atoms with E-state index < -0.39 is 29.2 Å². The quantitative estimate of drug-likeness (QED) is 0.426. The monoisotopic (exact) mass is 408 g/mol. The molecular weight excluding hydrogens is 373 g/mol. The Morgan fingerprint density at radius 2 is 1.27 bits per heavy atom. The van der Waals surface area contributed by atoms with Gasteiger partial charge in [-0.15, -0.1) is 0 Å². The largest absolute Gasteiger partial charge is 0.418 e. The van der Waals surface area contributed by atoms with E-state index in [2.05, 4.69) is 50.3 Å². The van der Waals surface area contributed by atoms with E-state index in [4.69, 9.17) is 8.85 Å². The van der Waals surface area contributed by atoms with Gasteiger partial charge in [-0.25, -0.2) is 0 Å². The highest BCUT2D eigenvalue weighted by atomic mass is 28.4. The van der Waals surface area contributed by atoms with Gasteiger partial charge in [-0.3, -0.25) is 0 Å². The van der Waals surface area contributed by atoms with Crippen molar-refractivity contribution >= 4 is 16.6 Å². The van der Waals surface area contributed by atoms with Crippen LogP contribution in [0.25, 0.3) is 0 Å². The van der Waals surface area contributed by atoms with Gasteiger partial charge < -0.3 is 8.85 Å². The van der Waals surface area contributed by atoms with Crippen LogP contribution < -0.4 is 0 Å². The molecule has 2 nitrogen and oxygen atoms in total. The van der Waals surface area contributed by atoms with Crippen LogP contribution in [0, 0.1) is 0 Å². The summed E-state index contributed by atoms with van der Waals surface area (Å²) in [5.41, 5.74) is 1.42. The van der Waals surface area contributed by atoms with Crippen LogP contribution in [0.5, 0.6) is 0 Å². The molecule has 0 bridgehead atoms. The maximum Gasteiger partial charge on any atom is 0.388 e. The van der Waals surface area contributed by atoms with Gasteiger partial charge in [0.25, 0.3) is 0 Å². The van der Waals surface area contributed by atoms with Crippen molar-refractivity contribution in [2.24, 2.45) is 0 Å². The fourth-order valence-electron chi connectivity index (χ4n) is 2.46. The highest BCUT2D eigenvalue weighted by Gasteiger charge is 2.32. The van der Waals surface area contributed by atoms with Crippen molar-refractivity contribution in [3.8, 4) is 0 Å². The molecule has 1 aromatic carbocycles. The van der Waals surface area contributed by atoms with Crippen molar-refractivity contribution in [1.82, 2.24) is 0 Å². The Balaban J connectivity index is 0.000000488. The second-order valence-electron chi connectivity index (χ2n) is 7.49. The third-order valence-corrected chi connectivity index (χ3v) is 8.99. The summed E-state index contributed by atoms with van der Waals surface area (Å²) in [6, 6.07) is 12.0. The van der Waals surface area contributed by atoms with E-state index in [0.717, 1.165) is 13.0 Å². The van der Waals surface area contributed by atoms with E-state index in [9.17, 15) is 13.2 Å². The second kappa shape index (κ2) is 11.9. The van der Waals surface area contributed by atoms with Gasteiger partial charge in [-0.1, -0.05) is 30.3 Å². The van der Waals surface area contributed by atoms with E-state index in [1.807, 2.05) is 20.0 Å². The Morgan fingerprint density at radius 1 is 0.808 bits per heavy atom. The normalized spacial score (nSPS) is 12.5. The molecule has 0 unspecified atom stereocenters. The third kappa shape index (κ3) is 14.5. The number of aryl methyl sites for hydroxylation is 1. The molecule has 0 N–H and O–H groups in total. The Hall–Kier alpha value is -0.636. The van der Waals surface area contributed by atoms with Gasteiger partial charge in [0.15, 0.2) is 16.6 Å².